The minimum Gasteiger partial charge on any atom is -0.306 e. The van der Waals surface area contributed by atoms with E-state index in [2.05, 4.69) is 25.5 Å². The third-order valence-electron chi connectivity index (χ3n) is 2.22. The number of halogens is 1. The summed E-state index contributed by atoms with van der Waals surface area (Å²) in [5, 5.41) is 10.6. The average Bonchev–Trinajstić information content (AvgIpc) is 2.32. The van der Waals surface area contributed by atoms with Crippen LogP contribution >= 0.6 is 11.6 Å². The van der Waals surface area contributed by atoms with E-state index in [9.17, 15) is 4.79 Å². The van der Waals surface area contributed by atoms with Gasteiger partial charge in [0.25, 0.3) is 5.91 Å². The molecule has 0 aliphatic heterocycles. The first-order valence-electron chi connectivity index (χ1n) is 5.16. The van der Waals surface area contributed by atoms with Crippen molar-refractivity contribution in [3.63, 3.8) is 0 Å². The van der Waals surface area contributed by atoms with Crippen molar-refractivity contribution in [2.45, 2.75) is 13.8 Å². The summed E-state index contributed by atoms with van der Waals surface area (Å²) >= 11 is 5.71. The molecule has 6 nitrogen and oxygen atoms in total. The van der Waals surface area contributed by atoms with Gasteiger partial charge >= 0.3 is 0 Å². The smallest absolute Gasteiger partial charge is 0.258 e. The molecule has 0 aromatic carbocycles. The van der Waals surface area contributed by atoms with Crippen LogP contribution in [0.15, 0.2) is 18.5 Å². The third kappa shape index (κ3) is 2.78. The zero-order chi connectivity index (χ0) is 13.1. The van der Waals surface area contributed by atoms with Gasteiger partial charge in [0.15, 0.2) is 0 Å². The van der Waals surface area contributed by atoms with Gasteiger partial charge in [-0.05, 0) is 19.9 Å². The predicted octanol–water partition coefficient (Wildman–Crippen LogP) is 1.79. The van der Waals surface area contributed by atoms with Crippen molar-refractivity contribution in [1.82, 2.24) is 20.2 Å². The number of rotatable bonds is 2. The molecule has 0 unspecified atom stereocenters. The van der Waals surface area contributed by atoms with Gasteiger partial charge in [-0.2, -0.15) is 10.2 Å². The van der Waals surface area contributed by atoms with E-state index >= 15 is 0 Å². The number of aromatic nitrogens is 4. The highest BCUT2D eigenvalue weighted by Crippen LogP contribution is 2.12. The summed E-state index contributed by atoms with van der Waals surface area (Å²) in [5.74, 6) is 0.0362. The molecule has 92 valence electrons. The number of amides is 1. The summed E-state index contributed by atoms with van der Waals surface area (Å²) in [7, 11) is 0. The second kappa shape index (κ2) is 5.05. The molecule has 0 radical (unpaired) electrons. The molecule has 2 heterocycles. The maximum atomic E-state index is 12.0. The lowest BCUT2D eigenvalue weighted by molar-refractivity contribution is 0.102. The second-order valence-electron chi connectivity index (χ2n) is 3.66. The summed E-state index contributed by atoms with van der Waals surface area (Å²) in [6.07, 6.45) is 1.28. The SMILES string of the molecule is Cc1cc(C(=O)Nc2cc(Cl)ncn2)c(C)nn1. The van der Waals surface area contributed by atoms with Crippen LogP contribution in [-0.2, 0) is 0 Å². The molecule has 0 saturated heterocycles. The molecule has 0 spiro atoms. The fourth-order valence-electron chi connectivity index (χ4n) is 1.37. The Labute approximate surface area is 108 Å². The highest BCUT2D eigenvalue weighted by atomic mass is 35.5. The fraction of sp³-hybridized carbons (Fsp3) is 0.182. The minimum atomic E-state index is -0.305. The molecule has 0 saturated carbocycles. The topological polar surface area (TPSA) is 80.7 Å². The van der Waals surface area contributed by atoms with E-state index in [-0.39, 0.29) is 11.1 Å². The van der Waals surface area contributed by atoms with Gasteiger partial charge in [-0.1, -0.05) is 11.6 Å². The lowest BCUT2D eigenvalue weighted by Gasteiger charge is -2.06. The Morgan fingerprint density at radius 3 is 2.72 bits per heavy atom. The number of carbonyl (C=O) groups excluding carboxylic acids is 1. The number of carbonyl (C=O) groups is 1. The van der Waals surface area contributed by atoms with Gasteiger partial charge < -0.3 is 5.32 Å². The van der Waals surface area contributed by atoms with E-state index < -0.39 is 0 Å². The first-order chi connectivity index (χ1) is 8.56. The van der Waals surface area contributed by atoms with E-state index in [4.69, 9.17) is 11.6 Å². The molecular weight excluding hydrogens is 254 g/mol. The maximum absolute atomic E-state index is 12.0. The Kier molecular flexibility index (Phi) is 3.47. The lowest BCUT2D eigenvalue weighted by atomic mass is 10.2. The van der Waals surface area contributed by atoms with Crippen LogP contribution in [-0.4, -0.2) is 26.1 Å². The van der Waals surface area contributed by atoms with Crippen LogP contribution in [0.4, 0.5) is 5.82 Å². The number of aryl methyl sites for hydroxylation is 2. The monoisotopic (exact) mass is 263 g/mol. The zero-order valence-corrected chi connectivity index (χ0v) is 10.6. The third-order valence-corrected chi connectivity index (χ3v) is 2.43. The fourth-order valence-corrected chi connectivity index (χ4v) is 1.51. The average molecular weight is 264 g/mol. The molecule has 2 rings (SSSR count). The van der Waals surface area contributed by atoms with Gasteiger partial charge in [-0.3, -0.25) is 4.79 Å². The van der Waals surface area contributed by atoms with E-state index in [0.29, 0.717) is 22.8 Å². The van der Waals surface area contributed by atoms with Crippen molar-refractivity contribution in [3.8, 4) is 0 Å². The Morgan fingerprint density at radius 1 is 1.22 bits per heavy atom. The van der Waals surface area contributed by atoms with E-state index in [0.717, 1.165) is 0 Å². The van der Waals surface area contributed by atoms with Crippen LogP contribution in [0.2, 0.25) is 5.15 Å². The molecular formula is C11H10ClN5O. The number of hydrogen-bond acceptors (Lipinski definition) is 5. The number of nitrogens with one attached hydrogen (secondary N) is 1. The summed E-state index contributed by atoms with van der Waals surface area (Å²) in [6, 6.07) is 3.14. The van der Waals surface area contributed by atoms with Gasteiger partial charge in [-0.25, -0.2) is 9.97 Å². The van der Waals surface area contributed by atoms with Crippen molar-refractivity contribution >= 4 is 23.3 Å². The van der Waals surface area contributed by atoms with Crippen molar-refractivity contribution in [2.24, 2.45) is 0 Å². The highest BCUT2D eigenvalue weighted by molar-refractivity contribution is 6.29. The number of nitrogens with zero attached hydrogens (tertiary/aromatic N) is 4. The van der Waals surface area contributed by atoms with Crippen LogP contribution < -0.4 is 5.32 Å². The Balaban J connectivity index is 2.24. The summed E-state index contributed by atoms with van der Waals surface area (Å²) in [5.41, 5.74) is 1.68. The standard InChI is InChI=1S/C11H10ClN5O/c1-6-3-8(7(2)17-16-6)11(18)15-10-4-9(12)13-5-14-10/h3-5H,1-2H3,(H,13,14,15,18). The molecule has 7 heteroatoms. The van der Waals surface area contributed by atoms with Crippen molar-refractivity contribution in [2.75, 3.05) is 5.32 Å². The van der Waals surface area contributed by atoms with Crippen LogP contribution in [0.25, 0.3) is 0 Å². The maximum Gasteiger partial charge on any atom is 0.258 e. The second-order valence-corrected chi connectivity index (χ2v) is 4.05. The highest BCUT2D eigenvalue weighted by Gasteiger charge is 2.12. The Bertz CT molecular complexity index is 602. The molecule has 0 aliphatic rings. The van der Waals surface area contributed by atoms with E-state index in [1.807, 2.05) is 0 Å². The van der Waals surface area contributed by atoms with Crippen LogP contribution in [0.1, 0.15) is 21.7 Å². The summed E-state index contributed by atoms with van der Waals surface area (Å²) < 4.78 is 0. The van der Waals surface area contributed by atoms with Gasteiger partial charge in [0.2, 0.25) is 0 Å². The van der Waals surface area contributed by atoms with Gasteiger partial charge in [-0.15, -0.1) is 0 Å². The first-order valence-corrected chi connectivity index (χ1v) is 5.54. The van der Waals surface area contributed by atoms with Crippen molar-refractivity contribution in [1.29, 1.82) is 0 Å². The lowest BCUT2D eigenvalue weighted by Crippen LogP contribution is -2.16. The van der Waals surface area contributed by atoms with Crippen molar-refractivity contribution < 1.29 is 4.79 Å². The number of anilines is 1. The number of hydrogen-bond donors (Lipinski definition) is 1. The molecule has 0 aliphatic carbocycles. The normalized spacial score (nSPS) is 10.2. The molecule has 2 aromatic heterocycles. The largest absolute Gasteiger partial charge is 0.306 e. The van der Waals surface area contributed by atoms with E-state index in [1.54, 1.807) is 19.9 Å². The van der Waals surface area contributed by atoms with Crippen LogP contribution in [0.3, 0.4) is 0 Å². The Morgan fingerprint density at radius 2 is 2.00 bits per heavy atom. The predicted molar refractivity (Wildman–Crippen MR) is 66.5 cm³/mol. The van der Waals surface area contributed by atoms with Crippen molar-refractivity contribution in [3.05, 3.63) is 40.6 Å². The quantitative estimate of drug-likeness (QED) is 0.836. The van der Waals surface area contributed by atoms with Crippen LogP contribution in [0, 0.1) is 13.8 Å². The summed E-state index contributed by atoms with van der Waals surface area (Å²) in [6.45, 7) is 3.49. The molecule has 2 aromatic rings. The minimum absolute atomic E-state index is 0.265. The molecule has 1 amide bonds. The Hall–Kier alpha value is -2.08. The molecule has 0 bridgehead atoms. The van der Waals surface area contributed by atoms with E-state index in [1.165, 1.54) is 12.4 Å². The molecule has 1 N–H and O–H groups in total. The molecule has 0 atom stereocenters. The first kappa shape index (κ1) is 12.4. The van der Waals surface area contributed by atoms with Gasteiger partial charge in [0, 0.05) is 6.07 Å². The van der Waals surface area contributed by atoms with Crippen LogP contribution in [0.5, 0.6) is 0 Å². The van der Waals surface area contributed by atoms with Gasteiger partial charge in [0.1, 0.15) is 17.3 Å². The zero-order valence-electron chi connectivity index (χ0n) is 9.81. The molecule has 18 heavy (non-hydrogen) atoms. The van der Waals surface area contributed by atoms with Gasteiger partial charge in [0.05, 0.1) is 17.0 Å². The summed E-state index contributed by atoms with van der Waals surface area (Å²) in [4.78, 5) is 19.6. The molecule has 0 fully saturated rings.